The molecule has 1 aliphatic rings. The van der Waals surface area contributed by atoms with Crippen LogP contribution < -0.4 is 0 Å². The Kier molecular flexibility index (Phi) is 4.15. The summed E-state index contributed by atoms with van der Waals surface area (Å²) in [6, 6.07) is 13.5. The number of hydrogen-bond acceptors (Lipinski definition) is 5. The Balaban J connectivity index is 1.77. The van der Waals surface area contributed by atoms with E-state index in [2.05, 4.69) is 4.98 Å². The fraction of sp³-hybridized carbons (Fsp3) is 0.222. The molecule has 122 valence electrons. The Morgan fingerprint density at radius 3 is 2.58 bits per heavy atom. The Labute approximate surface area is 143 Å². The summed E-state index contributed by atoms with van der Waals surface area (Å²) in [4.78, 5) is 20.1. The first-order chi connectivity index (χ1) is 11.8. The lowest BCUT2D eigenvalue weighted by molar-refractivity contribution is 0.0306. The van der Waals surface area contributed by atoms with Gasteiger partial charge in [-0.2, -0.15) is 0 Å². The van der Waals surface area contributed by atoms with Gasteiger partial charge >= 0.3 is 0 Å². The van der Waals surface area contributed by atoms with Crippen molar-refractivity contribution in [1.29, 1.82) is 0 Å². The maximum atomic E-state index is 13.0. The van der Waals surface area contributed by atoms with E-state index in [1.807, 2.05) is 47.4 Å². The van der Waals surface area contributed by atoms with Crippen molar-refractivity contribution in [2.45, 2.75) is 0 Å². The van der Waals surface area contributed by atoms with Crippen LogP contribution in [0.15, 0.2) is 53.1 Å². The molecule has 3 aromatic rings. The average Bonchev–Trinajstić information content (AvgIpc) is 3.32. The molecule has 1 amide bonds. The highest BCUT2D eigenvalue weighted by Gasteiger charge is 2.26. The maximum absolute atomic E-state index is 13.0. The van der Waals surface area contributed by atoms with Crippen LogP contribution in [-0.2, 0) is 4.74 Å². The molecule has 1 saturated heterocycles. The van der Waals surface area contributed by atoms with Gasteiger partial charge < -0.3 is 14.1 Å². The minimum atomic E-state index is 0.00691. The predicted molar refractivity (Wildman–Crippen MR) is 92.0 cm³/mol. The van der Waals surface area contributed by atoms with E-state index in [-0.39, 0.29) is 5.91 Å². The third-order valence-electron chi connectivity index (χ3n) is 3.90. The first-order valence-electron chi connectivity index (χ1n) is 7.80. The van der Waals surface area contributed by atoms with Gasteiger partial charge in [0.05, 0.1) is 25.2 Å². The van der Waals surface area contributed by atoms with E-state index in [0.29, 0.717) is 42.6 Å². The molecule has 0 saturated carbocycles. The number of ether oxygens (including phenoxy) is 1. The number of carbonyl (C=O) groups excluding carboxylic acids is 1. The molecule has 0 unspecified atom stereocenters. The summed E-state index contributed by atoms with van der Waals surface area (Å²) in [7, 11) is 0. The molecular formula is C18H16N2O3S. The van der Waals surface area contributed by atoms with Gasteiger partial charge in [-0.3, -0.25) is 4.79 Å². The van der Waals surface area contributed by atoms with Crippen molar-refractivity contribution in [2.75, 3.05) is 26.3 Å². The predicted octanol–water partition coefficient (Wildman–Crippen LogP) is 3.54. The molecule has 0 spiro atoms. The van der Waals surface area contributed by atoms with Gasteiger partial charge in [0.15, 0.2) is 10.8 Å². The Morgan fingerprint density at radius 1 is 1.08 bits per heavy atom. The third kappa shape index (κ3) is 2.86. The van der Waals surface area contributed by atoms with Crippen molar-refractivity contribution in [3.8, 4) is 22.0 Å². The van der Waals surface area contributed by atoms with Gasteiger partial charge in [-0.05, 0) is 12.1 Å². The quantitative estimate of drug-likeness (QED) is 0.732. The van der Waals surface area contributed by atoms with Gasteiger partial charge in [0.25, 0.3) is 5.91 Å². The summed E-state index contributed by atoms with van der Waals surface area (Å²) < 4.78 is 10.8. The lowest BCUT2D eigenvalue weighted by Gasteiger charge is -2.26. The van der Waals surface area contributed by atoms with Crippen molar-refractivity contribution in [1.82, 2.24) is 9.88 Å². The summed E-state index contributed by atoms with van der Waals surface area (Å²) in [5.41, 5.74) is 1.65. The highest BCUT2D eigenvalue weighted by Crippen LogP contribution is 2.35. The zero-order valence-electron chi connectivity index (χ0n) is 13.0. The van der Waals surface area contributed by atoms with E-state index in [1.54, 1.807) is 6.26 Å². The molecule has 1 fully saturated rings. The third-order valence-corrected chi connectivity index (χ3v) is 4.96. The van der Waals surface area contributed by atoms with Gasteiger partial charge in [0.1, 0.15) is 4.88 Å². The van der Waals surface area contributed by atoms with Crippen LogP contribution in [0.25, 0.3) is 22.0 Å². The van der Waals surface area contributed by atoms with E-state index < -0.39 is 0 Å². The average molecular weight is 340 g/mol. The van der Waals surface area contributed by atoms with Gasteiger partial charge in [-0.25, -0.2) is 4.98 Å². The first-order valence-corrected chi connectivity index (χ1v) is 8.62. The molecule has 0 atom stereocenters. The minimum Gasteiger partial charge on any atom is -0.462 e. The molecule has 1 aliphatic heterocycles. The number of carbonyl (C=O) groups is 1. The number of thiazole rings is 1. The number of morpholine rings is 1. The summed E-state index contributed by atoms with van der Waals surface area (Å²) in [6.07, 6.45) is 1.61. The van der Waals surface area contributed by atoms with Crippen LogP contribution in [0.3, 0.4) is 0 Å². The van der Waals surface area contributed by atoms with Crippen LogP contribution in [-0.4, -0.2) is 42.1 Å². The summed E-state index contributed by atoms with van der Waals surface area (Å²) in [6.45, 7) is 2.38. The van der Waals surface area contributed by atoms with E-state index >= 15 is 0 Å². The summed E-state index contributed by atoms with van der Waals surface area (Å²) in [5.74, 6) is 0.686. The van der Waals surface area contributed by atoms with E-state index in [9.17, 15) is 4.79 Å². The second-order valence-electron chi connectivity index (χ2n) is 5.44. The van der Waals surface area contributed by atoms with Crippen molar-refractivity contribution in [2.24, 2.45) is 0 Å². The maximum Gasteiger partial charge on any atom is 0.266 e. The van der Waals surface area contributed by atoms with Crippen LogP contribution in [0.5, 0.6) is 0 Å². The van der Waals surface area contributed by atoms with Crippen molar-refractivity contribution < 1.29 is 13.9 Å². The van der Waals surface area contributed by atoms with Crippen molar-refractivity contribution in [3.63, 3.8) is 0 Å². The monoisotopic (exact) mass is 340 g/mol. The largest absolute Gasteiger partial charge is 0.462 e. The molecule has 2 aromatic heterocycles. The highest BCUT2D eigenvalue weighted by atomic mass is 32.1. The van der Waals surface area contributed by atoms with Crippen molar-refractivity contribution in [3.05, 3.63) is 53.6 Å². The molecule has 0 aliphatic carbocycles. The lowest BCUT2D eigenvalue weighted by Crippen LogP contribution is -2.40. The fourth-order valence-corrected chi connectivity index (χ4v) is 3.70. The number of nitrogens with zero attached hydrogens (tertiary/aromatic N) is 2. The number of furan rings is 1. The number of amides is 1. The minimum absolute atomic E-state index is 0.00691. The SMILES string of the molecule is O=C(c1sc(-c2ccco2)nc1-c1ccccc1)N1CCOCC1. The second-order valence-corrected chi connectivity index (χ2v) is 6.44. The van der Waals surface area contributed by atoms with Gasteiger partial charge in [0.2, 0.25) is 0 Å². The molecule has 6 heteroatoms. The van der Waals surface area contributed by atoms with Crippen LogP contribution in [0.4, 0.5) is 0 Å². The zero-order valence-corrected chi connectivity index (χ0v) is 13.8. The summed E-state index contributed by atoms with van der Waals surface area (Å²) in [5, 5.41) is 0.718. The van der Waals surface area contributed by atoms with E-state index in [1.165, 1.54) is 11.3 Å². The second kappa shape index (κ2) is 6.59. The normalized spacial score (nSPS) is 14.8. The topological polar surface area (TPSA) is 55.6 Å². The standard InChI is InChI=1S/C18H16N2O3S/c21-18(20-8-11-22-12-9-20)16-15(13-5-2-1-3-6-13)19-17(24-16)14-7-4-10-23-14/h1-7,10H,8-9,11-12H2. The fourth-order valence-electron chi connectivity index (χ4n) is 2.67. The highest BCUT2D eigenvalue weighted by molar-refractivity contribution is 7.17. The van der Waals surface area contributed by atoms with Crippen LogP contribution >= 0.6 is 11.3 Å². The Bertz CT molecular complexity index is 821. The molecular weight excluding hydrogens is 324 g/mol. The smallest absolute Gasteiger partial charge is 0.266 e. The number of rotatable bonds is 3. The number of hydrogen-bond donors (Lipinski definition) is 0. The van der Waals surface area contributed by atoms with Crippen molar-refractivity contribution >= 4 is 17.2 Å². The Hall–Kier alpha value is -2.44. The van der Waals surface area contributed by atoms with E-state index in [4.69, 9.17) is 9.15 Å². The molecule has 5 nitrogen and oxygen atoms in total. The molecule has 4 rings (SSSR count). The lowest BCUT2D eigenvalue weighted by atomic mass is 10.1. The molecule has 24 heavy (non-hydrogen) atoms. The van der Waals surface area contributed by atoms with Gasteiger partial charge in [0, 0.05) is 18.7 Å². The number of benzene rings is 1. The molecule has 0 N–H and O–H groups in total. The van der Waals surface area contributed by atoms with Crippen LogP contribution in [0, 0.1) is 0 Å². The van der Waals surface area contributed by atoms with Gasteiger partial charge in [-0.15, -0.1) is 11.3 Å². The summed E-state index contributed by atoms with van der Waals surface area (Å²) >= 11 is 1.38. The molecule has 1 aromatic carbocycles. The molecule has 0 bridgehead atoms. The van der Waals surface area contributed by atoms with Crippen LogP contribution in [0.1, 0.15) is 9.67 Å². The van der Waals surface area contributed by atoms with E-state index in [0.717, 1.165) is 10.6 Å². The zero-order chi connectivity index (χ0) is 16.4. The van der Waals surface area contributed by atoms with Crippen LogP contribution in [0.2, 0.25) is 0 Å². The molecule has 0 radical (unpaired) electrons. The van der Waals surface area contributed by atoms with Gasteiger partial charge in [-0.1, -0.05) is 30.3 Å². The first kappa shape index (κ1) is 15.1. The molecule has 3 heterocycles. The Morgan fingerprint density at radius 2 is 1.88 bits per heavy atom. The number of aromatic nitrogens is 1.